The number of sulfonamides is 1. The second-order valence-electron chi connectivity index (χ2n) is 3.28. The molecular formula is C10H9NO4S. The molecule has 0 bridgehead atoms. The summed E-state index contributed by atoms with van der Waals surface area (Å²) in [6.45, 7) is 1.14. The van der Waals surface area contributed by atoms with Crippen LogP contribution < -0.4 is 4.72 Å². The predicted molar refractivity (Wildman–Crippen MR) is 57.2 cm³/mol. The van der Waals surface area contributed by atoms with E-state index in [4.69, 9.17) is 4.42 Å². The van der Waals surface area contributed by atoms with E-state index in [0.29, 0.717) is 5.58 Å². The summed E-state index contributed by atoms with van der Waals surface area (Å²) in [5.41, 5.74) is 0.464. The molecule has 1 aromatic carbocycles. The fourth-order valence-electron chi connectivity index (χ4n) is 1.35. The van der Waals surface area contributed by atoms with Gasteiger partial charge < -0.3 is 4.42 Å². The quantitative estimate of drug-likeness (QED) is 0.855. The Bertz CT molecular complexity index is 642. The van der Waals surface area contributed by atoms with Gasteiger partial charge >= 0.3 is 0 Å². The molecule has 5 nitrogen and oxygen atoms in total. The average molecular weight is 239 g/mol. The molecule has 0 saturated heterocycles. The minimum atomic E-state index is -3.79. The number of carbonyl (C=O) groups excluding carboxylic acids is 1. The number of carbonyl (C=O) groups is 1. The molecule has 0 aliphatic carbocycles. The number of hydrogen-bond acceptors (Lipinski definition) is 4. The van der Waals surface area contributed by atoms with E-state index in [1.54, 1.807) is 12.1 Å². The Labute approximate surface area is 92.1 Å². The summed E-state index contributed by atoms with van der Waals surface area (Å²) < 4.78 is 30.2. The first kappa shape index (κ1) is 10.7. The monoisotopic (exact) mass is 239 g/mol. The van der Waals surface area contributed by atoms with Gasteiger partial charge in [-0.15, -0.1) is 0 Å². The third-order valence-electron chi connectivity index (χ3n) is 2.02. The number of nitrogens with one attached hydrogen (secondary N) is 1. The number of furan rings is 1. The van der Waals surface area contributed by atoms with Crippen LogP contribution in [0.5, 0.6) is 0 Å². The standard InChI is InChI=1S/C10H9NO4S/c1-7(12)11-16(13,14)9-3-2-8-4-5-15-10(8)6-9/h2-6H,1H3,(H,11,12). The van der Waals surface area contributed by atoms with Crippen LogP contribution in [0.25, 0.3) is 11.0 Å². The van der Waals surface area contributed by atoms with Crippen molar-refractivity contribution in [2.75, 3.05) is 0 Å². The van der Waals surface area contributed by atoms with E-state index < -0.39 is 15.9 Å². The van der Waals surface area contributed by atoms with Crippen LogP contribution >= 0.6 is 0 Å². The topological polar surface area (TPSA) is 76.4 Å². The Kier molecular flexibility index (Phi) is 2.43. The Morgan fingerprint density at radius 1 is 1.31 bits per heavy atom. The summed E-state index contributed by atoms with van der Waals surface area (Å²) >= 11 is 0. The van der Waals surface area contributed by atoms with Gasteiger partial charge in [-0.3, -0.25) is 4.79 Å². The molecule has 0 aliphatic heterocycles. The van der Waals surface area contributed by atoms with Gasteiger partial charge in [0.05, 0.1) is 11.2 Å². The molecule has 0 saturated carbocycles. The van der Waals surface area contributed by atoms with Gasteiger partial charge in [0, 0.05) is 18.4 Å². The number of benzene rings is 1. The van der Waals surface area contributed by atoms with Gasteiger partial charge in [0.2, 0.25) is 5.91 Å². The first-order valence-electron chi connectivity index (χ1n) is 4.50. The van der Waals surface area contributed by atoms with Crippen LogP contribution in [0.15, 0.2) is 39.8 Å². The van der Waals surface area contributed by atoms with Crippen molar-refractivity contribution in [1.29, 1.82) is 0 Å². The predicted octanol–water partition coefficient (Wildman–Crippen LogP) is 1.26. The molecule has 0 spiro atoms. The highest BCUT2D eigenvalue weighted by Crippen LogP contribution is 2.19. The van der Waals surface area contributed by atoms with Crippen LogP contribution in [0, 0.1) is 0 Å². The Morgan fingerprint density at radius 2 is 2.06 bits per heavy atom. The molecule has 6 heteroatoms. The minimum absolute atomic E-state index is 0.00477. The summed E-state index contributed by atoms with van der Waals surface area (Å²) in [4.78, 5) is 10.7. The number of fused-ring (bicyclic) bond motifs is 1. The summed E-state index contributed by atoms with van der Waals surface area (Å²) in [5, 5.41) is 0.807. The van der Waals surface area contributed by atoms with E-state index in [-0.39, 0.29) is 4.90 Å². The van der Waals surface area contributed by atoms with Gasteiger partial charge in [-0.25, -0.2) is 13.1 Å². The third-order valence-corrected chi connectivity index (χ3v) is 3.45. The molecule has 1 heterocycles. The second kappa shape index (κ2) is 3.64. The lowest BCUT2D eigenvalue weighted by molar-refractivity contribution is -0.117. The van der Waals surface area contributed by atoms with E-state index in [1.165, 1.54) is 18.4 Å². The fraction of sp³-hybridized carbons (Fsp3) is 0.100. The fourth-order valence-corrected chi connectivity index (χ4v) is 2.36. The lowest BCUT2D eigenvalue weighted by Gasteiger charge is -2.03. The van der Waals surface area contributed by atoms with Gasteiger partial charge in [0.15, 0.2) is 0 Å². The van der Waals surface area contributed by atoms with Gasteiger partial charge in [0.1, 0.15) is 5.58 Å². The first-order chi connectivity index (χ1) is 7.49. The van der Waals surface area contributed by atoms with E-state index >= 15 is 0 Å². The van der Waals surface area contributed by atoms with Crippen LogP contribution in [-0.2, 0) is 14.8 Å². The lowest BCUT2D eigenvalue weighted by Crippen LogP contribution is -2.28. The van der Waals surface area contributed by atoms with E-state index in [0.717, 1.165) is 12.3 Å². The Hall–Kier alpha value is -1.82. The molecule has 0 atom stereocenters. The highest BCUT2D eigenvalue weighted by molar-refractivity contribution is 7.90. The number of rotatable bonds is 2. The Balaban J connectivity index is 2.50. The highest BCUT2D eigenvalue weighted by Gasteiger charge is 2.16. The maximum absolute atomic E-state index is 11.6. The zero-order chi connectivity index (χ0) is 11.8. The molecule has 0 aliphatic rings. The molecule has 2 rings (SSSR count). The lowest BCUT2D eigenvalue weighted by atomic mass is 10.3. The minimum Gasteiger partial charge on any atom is -0.464 e. The summed E-state index contributed by atoms with van der Waals surface area (Å²) in [5.74, 6) is -0.625. The van der Waals surface area contributed by atoms with E-state index in [1.807, 2.05) is 4.72 Å². The summed E-state index contributed by atoms with van der Waals surface area (Å²) in [7, 11) is -3.79. The zero-order valence-corrected chi connectivity index (χ0v) is 9.24. The van der Waals surface area contributed by atoms with Crippen LogP contribution in [0.3, 0.4) is 0 Å². The van der Waals surface area contributed by atoms with Gasteiger partial charge in [-0.1, -0.05) is 0 Å². The highest BCUT2D eigenvalue weighted by atomic mass is 32.2. The molecule has 1 amide bonds. The van der Waals surface area contributed by atoms with Crippen molar-refractivity contribution < 1.29 is 17.6 Å². The molecule has 1 N–H and O–H groups in total. The molecule has 2 aromatic rings. The van der Waals surface area contributed by atoms with Crippen LogP contribution in [0.4, 0.5) is 0 Å². The molecular weight excluding hydrogens is 230 g/mol. The van der Waals surface area contributed by atoms with Crippen LogP contribution in [0.1, 0.15) is 6.92 Å². The number of hydrogen-bond donors (Lipinski definition) is 1. The van der Waals surface area contributed by atoms with E-state index in [2.05, 4.69) is 0 Å². The smallest absolute Gasteiger partial charge is 0.264 e. The van der Waals surface area contributed by atoms with Crippen molar-refractivity contribution in [3.63, 3.8) is 0 Å². The molecule has 84 valence electrons. The molecule has 0 fully saturated rings. The summed E-state index contributed by atoms with van der Waals surface area (Å²) in [6, 6.07) is 6.14. The van der Waals surface area contributed by atoms with Crippen LogP contribution in [0.2, 0.25) is 0 Å². The van der Waals surface area contributed by atoms with E-state index in [9.17, 15) is 13.2 Å². The van der Waals surface area contributed by atoms with Crippen molar-refractivity contribution in [2.24, 2.45) is 0 Å². The first-order valence-corrected chi connectivity index (χ1v) is 5.98. The SMILES string of the molecule is CC(=O)NS(=O)(=O)c1ccc2ccoc2c1. The van der Waals surface area contributed by atoms with Crippen molar-refractivity contribution in [3.05, 3.63) is 30.5 Å². The zero-order valence-electron chi connectivity index (χ0n) is 8.43. The molecule has 16 heavy (non-hydrogen) atoms. The van der Waals surface area contributed by atoms with Crippen molar-refractivity contribution in [2.45, 2.75) is 11.8 Å². The molecule has 0 radical (unpaired) electrons. The van der Waals surface area contributed by atoms with Crippen molar-refractivity contribution in [1.82, 2.24) is 4.72 Å². The maximum atomic E-state index is 11.6. The third kappa shape index (κ3) is 1.92. The molecule has 1 aromatic heterocycles. The summed E-state index contributed by atoms with van der Waals surface area (Å²) in [6.07, 6.45) is 1.47. The molecule has 0 unspecified atom stereocenters. The number of amides is 1. The van der Waals surface area contributed by atoms with Gasteiger partial charge in [-0.2, -0.15) is 0 Å². The van der Waals surface area contributed by atoms with Gasteiger partial charge in [-0.05, 0) is 18.2 Å². The van der Waals surface area contributed by atoms with Crippen LogP contribution in [-0.4, -0.2) is 14.3 Å². The second-order valence-corrected chi connectivity index (χ2v) is 4.96. The average Bonchev–Trinajstić information content (AvgIpc) is 2.61. The van der Waals surface area contributed by atoms with Gasteiger partial charge in [0.25, 0.3) is 10.0 Å². The maximum Gasteiger partial charge on any atom is 0.264 e. The normalized spacial score (nSPS) is 11.6. The van der Waals surface area contributed by atoms with Crippen molar-refractivity contribution >= 4 is 26.9 Å². The Morgan fingerprint density at radius 3 is 2.75 bits per heavy atom. The van der Waals surface area contributed by atoms with Crippen molar-refractivity contribution in [3.8, 4) is 0 Å². The largest absolute Gasteiger partial charge is 0.464 e.